The Morgan fingerprint density at radius 3 is 2.93 bits per heavy atom. The maximum absolute atomic E-state index is 11.7. The molecule has 0 aromatic rings. The van der Waals surface area contributed by atoms with Crippen molar-refractivity contribution in [2.24, 2.45) is 0 Å². The smallest absolute Gasteiger partial charge is 0.318 e. The molecule has 0 saturated carbocycles. The first-order chi connectivity index (χ1) is 7.20. The molecule has 1 heterocycles. The summed E-state index contributed by atoms with van der Waals surface area (Å²) in [6, 6.07) is -0.436. The van der Waals surface area contributed by atoms with Crippen molar-refractivity contribution in [2.75, 3.05) is 19.6 Å². The molecule has 1 rings (SSSR count). The van der Waals surface area contributed by atoms with E-state index in [-0.39, 0.29) is 18.0 Å². The Hall–Kier alpha value is -1.26. The predicted molar refractivity (Wildman–Crippen MR) is 57.5 cm³/mol. The van der Waals surface area contributed by atoms with Crippen LogP contribution < -0.4 is 10.6 Å². The number of hydrogen-bond donors (Lipinski definition) is 2. The van der Waals surface area contributed by atoms with E-state index < -0.39 is 0 Å². The number of rotatable bonds is 3. The average molecular weight is 213 g/mol. The van der Waals surface area contributed by atoms with Gasteiger partial charge in [0.2, 0.25) is 5.91 Å². The van der Waals surface area contributed by atoms with E-state index >= 15 is 0 Å². The van der Waals surface area contributed by atoms with Crippen LogP contribution in [0.2, 0.25) is 0 Å². The number of hydrogen-bond acceptors (Lipinski definition) is 2. The highest BCUT2D eigenvalue weighted by Gasteiger charge is 2.31. The van der Waals surface area contributed by atoms with Gasteiger partial charge in [-0.2, -0.15) is 0 Å². The van der Waals surface area contributed by atoms with Gasteiger partial charge in [0.25, 0.3) is 0 Å². The third-order valence-corrected chi connectivity index (χ3v) is 2.50. The molecule has 1 saturated heterocycles. The number of nitrogens with one attached hydrogen (secondary N) is 2. The lowest BCUT2D eigenvalue weighted by molar-refractivity contribution is -0.127. The highest BCUT2D eigenvalue weighted by Crippen LogP contribution is 2.08. The molecule has 0 aromatic carbocycles. The number of carbonyl (C=O) groups is 2. The highest BCUT2D eigenvalue weighted by molar-refractivity contribution is 5.88. The molecule has 0 spiro atoms. The molecule has 0 aliphatic carbocycles. The predicted octanol–water partition coefficient (Wildman–Crippen LogP) is 0.316. The Labute approximate surface area is 90.2 Å². The lowest BCUT2D eigenvalue weighted by Crippen LogP contribution is -2.59. The van der Waals surface area contributed by atoms with Gasteiger partial charge in [0.15, 0.2) is 0 Å². The Morgan fingerprint density at radius 1 is 1.60 bits per heavy atom. The van der Waals surface area contributed by atoms with Crippen LogP contribution in [0.4, 0.5) is 4.79 Å². The molecule has 5 nitrogen and oxygen atoms in total. The van der Waals surface area contributed by atoms with Crippen LogP contribution >= 0.6 is 0 Å². The van der Waals surface area contributed by atoms with Crippen molar-refractivity contribution in [3.63, 3.8) is 0 Å². The molecule has 3 amide bonds. The molecular formula is C10H19N3O2. The first-order valence-electron chi connectivity index (χ1n) is 5.52. The summed E-state index contributed by atoms with van der Waals surface area (Å²) in [4.78, 5) is 24.8. The van der Waals surface area contributed by atoms with Crippen molar-refractivity contribution in [3.05, 3.63) is 0 Å². The van der Waals surface area contributed by atoms with Crippen molar-refractivity contribution in [3.8, 4) is 0 Å². The van der Waals surface area contributed by atoms with Gasteiger partial charge in [0.05, 0.1) is 0 Å². The lowest BCUT2D eigenvalue weighted by Gasteiger charge is -2.34. The van der Waals surface area contributed by atoms with Crippen molar-refractivity contribution in [2.45, 2.75) is 32.7 Å². The van der Waals surface area contributed by atoms with Gasteiger partial charge in [0, 0.05) is 19.6 Å². The van der Waals surface area contributed by atoms with E-state index in [9.17, 15) is 9.59 Å². The van der Waals surface area contributed by atoms with Crippen LogP contribution in [-0.2, 0) is 4.79 Å². The Balaban J connectivity index is 2.57. The van der Waals surface area contributed by atoms with E-state index in [4.69, 9.17) is 0 Å². The zero-order chi connectivity index (χ0) is 11.3. The summed E-state index contributed by atoms with van der Waals surface area (Å²) in [5.41, 5.74) is 0. The van der Waals surface area contributed by atoms with Crippen LogP contribution in [0.1, 0.15) is 26.7 Å². The molecule has 1 unspecified atom stereocenters. The van der Waals surface area contributed by atoms with Crippen LogP contribution in [0, 0.1) is 0 Å². The van der Waals surface area contributed by atoms with Gasteiger partial charge in [-0.1, -0.05) is 13.8 Å². The first-order valence-corrected chi connectivity index (χ1v) is 5.52. The number of piperazine rings is 1. The zero-order valence-corrected chi connectivity index (χ0v) is 9.38. The van der Waals surface area contributed by atoms with Crippen molar-refractivity contribution in [1.29, 1.82) is 0 Å². The fourth-order valence-corrected chi connectivity index (χ4v) is 1.70. The standard InChI is InChI=1S/C10H19N3O2/c1-3-5-12-10(15)13-7-6-11-9(14)8(13)4-2/h8H,3-7H2,1-2H3,(H,11,14)(H,12,15). The normalized spacial score (nSPS) is 21.1. The maximum Gasteiger partial charge on any atom is 0.318 e. The van der Waals surface area contributed by atoms with Crippen molar-refractivity contribution in [1.82, 2.24) is 15.5 Å². The number of amides is 3. The lowest BCUT2D eigenvalue weighted by atomic mass is 10.1. The molecule has 1 fully saturated rings. The van der Waals surface area contributed by atoms with E-state index in [2.05, 4.69) is 10.6 Å². The molecule has 1 aliphatic rings. The van der Waals surface area contributed by atoms with Gasteiger partial charge in [0.1, 0.15) is 6.04 Å². The molecule has 15 heavy (non-hydrogen) atoms. The molecule has 1 atom stereocenters. The Kier molecular flexibility index (Phi) is 4.39. The molecule has 0 radical (unpaired) electrons. The summed E-state index contributed by atoms with van der Waals surface area (Å²) in [7, 11) is 0. The quantitative estimate of drug-likeness (QED) is 0.709. The number of carbonyl (C=O) groups excluding carboxylic acids is 2. The second-order valence-electron chi connectivity index (χ2n) is 3.64. The van der Waals surface area contributed by atoms with E-state index in [1.54, 1.807) is 4.90 Å². The zero-order valence-electron chi connectivity index (χ0n) is 9.38. The van der Waals surface area contributed by atoms with Crippen LogP contribution in [-0.4, -0.2) is 42.5 Å². The Bertz CT molecular complexity index is 243. The number of nitrogens with zero attached hydrogens (tertiary/aromatic N) is 1. The molecule has 5 heteroatoms. The second kappa shape index (κ2) is 5.58. The van der Waals surface area contributed by atoms with Crippen LogP contribution in [0.25, 0.3) is 0 Å². The van der Waals surface area contributed by atoms with E-state index in [1.165, 1.54) is 0 Å². The minimum absolute atomic E-state index is 0.0459. The van der Waals surface area contributed by atoms with Crippen LogP contribution in [0.3, 0.4) is 0 Å². The topological polar surface area (TPSA) is 61.4 Å². The minimum Gasteiger partial charge on any atom is -0.353 e. The largest absolute Gasteiger partial charge is 0.353 e. The fourth-order valence-electron chi connectivity index (χ4n) is 1.70. The third kappa shape index (κ3) is 2.84. The van der Waals surface area contributed by atoms with Crippen molar-refractivity contribution < 1.29 is 9.59 Å². The number of urea groups is 1. The minimum atomic E-state index is -0.310. The second-order valence-corrected chi connectivity index (χ2v) is 3.64. The maximum atomic E-state index is 11.7. The highest BCUT2D eigenvalue weighted by atomic mass is 16.2. The molecule has 86 valence electrons. The molecular weight excluding hydrogens is 194 g/mol. The van der Waals surface area contributed by atoms with Gasteiger partial charge in [-0.05, 0) is 12.8 Å². The first kappa shape index (κ1) is 11.8. The molecule has 1 aliphatic heterocycles. The van der Waals surface area contributed by atoms with E-state index in [1.807, 2.05) is 13.8 Å². The van der Waals surface area contributed by atoms with Crippen LogP contribution in [0.5, 0.6) is 0 Å². The average Bonchev–Trinajstić information content (AvgIpc) is 2.25. The monoisotopic (exact) mass is 213 g/mol. The summed E-state index contributed by atoms with van der Waals surface area (Å²) in [5.74, 6) is -0.0459. The van der Waals surface area contributed by atoms with E-state index in [0.29, 0.717) is 26.1 Å². The van der Waals surface area contributed by atoms with Gasteiger partial charge < -0.3 is 15.5 Å². The fraction of sp³-hybridized carbons (Fsp3) is 0.800. The molecule has 0 bridgehead atoms. The summed E-state index contributed by atoms with van der Waals surface area (Å²) >= 11 is 0. The summed E-state index contributed by atoms with van der Waals surface area (Å²) in [5, 5.41) is 5.56. The van der Waals surface area contributed by atoms with Crippen LogP contribution in [0.15, 0.2) is 0 Å². The Morgan fingerprint density at radius 2 is 2.33 bits per heavy atom. The molecule has 0 aromatic heterocycles. The van der Waals surface area contributed by atoms with Gasteiger partial charge >= 0.3 is 6.03 Å². The summed E-state index contributed by atoms with van der Waals surface area (Å²) in [6.45, 7) is 5.72. The SMILES string of the molecule is CCCNC(=O)N1CCNC(=O)C1CC. The summed E-state index contributed by atoms with van der Waals surface area (Å²) < 4.78 is 0. The molecule has 2 N–H and O–H groups in total. The third-order valence-electron chi connectivity index (χ3n) is 2.50. The van der Waals surface area contributed by atoms with Gasteiger partial charge in [-0.3, -0.25) is 4.79 Å². The summed E-state index contributed by atoms with van der Waals surface area (Å²) in [6.07, 6.45) is 1.56. The van der Waals surface area contributed by atoms with E-state index in [0.717, 1.165) is 6.42 Å². The van der Waals surface area contributed by atoms with Crippen molar-refractivity contribution >= 4 is 11.9 Å². The van der Waals surface area contributed by atoms with Gasteiger partial charge in [-0.25, -0.2) is 4.79 Å². The van der Waals surface area contributed by atoms with Gasteiger partial charge in [-0.15, -0.1) is 0 Å².